The van der Waals surface area contributed by atoms with Crippen molar-refractivity contribution < 1.29 is 9.15 Å². The molecule has 92 valence electrons. The minimum atomic E-state index is 0.272. The second-order valence-electron chi connectivity index (χ2n) is 4.23. The molecule has 1 aromatic heterocycles. The Morgan fingerprint density at radius 1 is 1.44 bits per heavy atom. The lowest BCUT2D eigenvalue weighted by Crippen LogP contribution is -2.23. The average Bonchev–Trinajstić information content (AvgIpc) is 2.75. The van der Waals surface area contributed by atoms with Crippen LogP contribution in [0.25, 0.3) is 0 Å². The fraction of sp³-hybridized carbons (Fsp3) is 0.692. The summed E-state index contributed by atoms with van der Waals surface area (Å²) in [5.41, 5.74) is 0. The molecule has 1 heterocycles. The van der Waals surface area contributed by atoms with Gasteiger partial charge in [0.25, 0.3) is 0 Å². The Bertz CT molecular complexity index is 257. The second-order valence-corrected chi connectivity index (χ2v) is 4.23. The lowest BCUT2D eigenvalue weighted by molar-refractivity contribution is 0.0700. The Hall–Kier alpha value is -0.800. The molecule has 0 fully saturated rings. The van der Waals surface area contributed by atoms with Gasteiger partial charge in [0.2, 0.25) is 0 Å². The highest BCUT2D eigenvalue weighted by atomic mass is 16.5. The maximum absolute atomic E-state index is 5.57. The molecule has 3 heteroatoms. The zero-order valence-corrected chi connectivity index (χ0v) is 10.5. The highest BCUT2D eigenvalue weighted by Crippen LogP contribution is 2.17. The van der Waals surface area contributed by atoms with E-state index >= 15 is 0 Å². The third-order valence-corrected chi connectivity index (χ3v) is 2.39. The summed E-state index contributed by atoms with van der Waals surface area (Å²) in [4.78, 5) is 0. The minimum Gasteiger partial charge on any atom is -0.468 e. The van der Waals surface area contributed by atoms with Crippen LogP contribution in [0.2, 0.25) is 0 Å². The monoisotopic (exact) mass is 225 g/mol. The van der Waals surface area contributed by atoms with E-state index in [1.54, 1.807) is 6.26 Å². The van der Waals surface area contributed by atoms with Crippen molar-refractivity contribution in [1.82, 2.24) is 5.32 Å². The minimum absolute atomic E-state index is 0.272. The number of ether oxygens (including phenoxy) is 1. The molecular formula is C13H23NO2. The summed E-state index contributed by atoms with van der Waals surface area (Å²) >= 11 is 0. The van der Waals surface area contributed by atoms with Crippen LogP contribution in [-0.4, -0.2) is 19.3 Å². The Morgan fingerprint density at radius 3 is 2.81 bits per heavy atom. The highest BCUT2D eigenvalue weighted by Gasteiger charge is 2.13. The molecule has 1 N–H and O–H groups in total. The average molecular weight is 225 g/mol. The van der Waals surface area contributed by atoms with E-state index in [2.05, 4.69) is 26.1 Å². The highest BCUT2D eigenvalue weighted by molar-refractivity contribution is 5.04. The molecule has 3 nitrogen and oxygen atoms in total. The van der Waals surface area contributed by atoms with Crippen LogP contribution in [0.1, 0.15) is 45.4 Å². The Kier molecular flexibility index (Phi) is 6.19. The van der Waals surface area contributed by atoms with Crippen molar-refractivity contribution in [2.24, 2.45) is 0 Å². The largest absolute Gasteiger partial charge is 0.468 e. The molecule has 0 saturated heterocycles. The molecule has 0 amide bonds. The summed E-state index contributed by atoms with van der Waals surface area (Å²) < 4.78 is 11.0. The van der Waals surface area contributed by atoms with E-state index in [1.165, 1.54) is 0 Å². The number of hydrogen-bond acceptors (Lipinski definition) is 3. The zero-order valence-electron chi connectivity index (χ0n) is 10.5. The molecule has 0 saturated carbocycles. The first-order valence-electron chi connectivity index (χ1n) is 6.12. The summed E-state index contributed by atoms with van der Waals surface area (Å²) in [5.74, 6) is 1.00. The fourth-order valence-electron chi connectivity index (χ4n) is 1.57. The smallest absolute Gasteiger partial charge is 0.120 e. The predicted octanol–water partition coefficient (Wildman–Crippen LogP) is 3.14. The number of nitrogens with one attached hydrogen (secondary N) is 1. The molecule has 1 rings (SSSR count). The van der Waals surface area contributed by atoms with Crippen molar-refractivity contribution >= 4 is 0 Å². The van der Waals surface area contributed by atoms with Gasteiger partial charge < -0.3 is 14.5 Å². The van der Waals surface area contributed by atoms with Gasteiger partial charge in [-0.2, -0.15) is 0 Å². The van der Waals surface area contributed by atoms with Gasteiger partial charge >= 0.3 is 0 Å². The van der Waals surface area contributed by atoms with Gasteiger partial charge in [-0.1, -0.05) is 6.92 Å². The van der Waals surface area contributed by atoms with Crippen LogP contribution in [0, 0.1) is 0 Å². The Labute approximate surface area is 98.2 Å². The SMILES string of the molecule is CCCNC(CCOC(C)C)c1ccco1. The van der Waals surface area contributed by atoms with E-state index in [9.17, 15) is 0 Å². The number of furan rings is 1. The summed E-state index contributed by atoms with van der Waals surface area (Å²) in [6.07, 6.45) is 4.09. The predicted molar refractivity (Wildman–Crippen MR) is 65.4 cm³/mol. The van der Waals surface area contributed by atoms with Crippen LogP contribution >= 0.6 is 0 Å². The van der Waals surface area contributed by atoms with E-state index in [4.69, 9.17) is 9.15 Å². The zero-order chi connectivity index (χ0) is 11.8. The van der Waals surface area contributed by atoms with Gasteiger partial charge in [0.15, 0.2) is 0 Å². The van der Waals surface area contributed by atoms with E-state index in [0.717, 1.165) is 31.8 Å². The lowest BCUT2D eigenvalue weighted by Gasteiger charge is -2.17. The number of rotatable bonds is 8. The van der Waals surface area contributed by atoms with Gasteiger partial charge in [0.1, 0.15) is 5.76 Å². The van der Waals surface area contributed by atoms with Crippen LogP contribution < -0.4 is 5.32 Å². The summed E-state index contributed by atoms with van der Waals surface area (Å²) in [6.45, 7) is 8.05. The van der Waals surface area contributed by atoms with Gasteiger partial charge in [-0.25, -0.2) is 0 Å². The lowest BCUT2D eigenvalue weighted by atomic mass is 10.1. The van der Waals surface area contributed by atoms with Gasteiger partial charge in [-0.3, -0.25) is 0 Å². The van der Waals surface area contributed by atoms with E-state index in [1.807, 2.05) is 12.1 Å². The summed E-state index contributed by atoms with van der Waals surface area (Å²) in [6, 6.07) is 4.22. The molecule has 16 heavy (non-hydrogen) atoms. The first-order chi connectivity index (χ1) is 7.74. The van der Waals surface area contributed by atoms with E-state index in [0.29, 0.717) is 6.10 Å². The van der Waals surface area contributed by atoms with Crippen molar-refractivity contribution in [3.63, 3.8) is 0 Å². The normalized spacial score (nSPS) is 13.2. The molecular weight excluding hydrogens is 202 g/mol. The molecule has 0 aliphatic carbocycles. The Balaban J connectivity index is 2.38. The van der Waals surface area contributed by atoms with Crippen LogP contribution in [-0.2, 0) is 4.74 Å². The molecule has 0 radical (unpaired) electrons. The van der Waals surface area contributed by atoms with Crippen molar-refractivity contribution in [3.8, 4) is 0 Å². The standard InChI is InChI=1S/C13H23NO2/c1-4-8-14-12(7-10-15-11(2)3)13-6-5-9-16-13/h5-6,9,11-12,14H,4,7-8,10H2,1-3H3. The fourth-order valence-corrected chi connectivity index (χ4v) is 1.57. The molecule has 0 aliphatic rings. The second kappa shape index (κ2) is 7.47. The van der Waals surface area contributed by atoms with E-state index < -0.39 is 0 Å². The van der Waals surface area contributed by atoms with Gasteiger partial charge in [-0.05, 0) is 45.4 Å². The first-order valence-corrected chi connectivity index (χ1v) is 6.12. The molecule has 0 aliphatic heterocycles. The maximum atomic E-state index is 5.57. The topological polar surface area (TPSA) is 34.4 Å². The van der Waals surface area contributed by atoms with Gasteiger partial charge in [0.05, 0.1) is 18.4 Å². The van der Waals surface area contributed by atoms with Crippen molar-refractivity contribution in [2.45, 2.75) is 45.8 Å². The van der Waals surface area contributed by atoms with Gasteiger partial charge in [-0.15, -0.1) is 0 Å². The summed E-state index contributed by atoms with van der Waals surface area (Å²) in [5, 5.41) is 3.47. The van der Waals surface area contributed by atoms with E-state index in [-0.39, 0.29) is 6.04 Å². The Morgan fingerprint density at radius 2 is 2.25 bits per heavy atom. The van der Waals surface area contributed by atoms with Crippen molar-refractivity contribution in [1.29, 1.82) is 0 Å². The third-order valence-electron chi connectivity index (χ3n) is 2.39. The third kappa shape index (κ3) is 4.81. The van der Waals surface area contributed by atoms with Crippen LogP contribution in [0.4, 0.5) is 0 Å². The molecule has 1 atom stereocenters. The van der Waals surface area contributed by atoms with Crippen molar-refractivity contribution in [2.75, 3.05) is 13.2 Å². The molecule has 1 aromatic rings. The van der Waals surface area contributed by atoms with Crippen LogP contribution in [0.3, 0.4) is 0 Å². The molecule has 0 aromatic carbocycles. The van der Waals surface area contributed by atoms with Gasteiger partial charge in [0, 0.05) is 6.61 Å². The molecule has 0 spiro atoms. The summed E-state index contributed by atoms with van der Waals surface area (Å²) in [7, 11) is 0. The number of hydrogen-bond donors (Lipinski definition) is 1. The van der Waals surface area contributed by atoms with Crippen LogP contribution in [0.15, 0.2) is 22.8 Å². The maximum Gasteiger partial charge on any atom is 0.120 e. The quantitative estimate of drug-likeness (QED) is 0.738. The van der Waals surface area contributed by atoms with Crippen molar-refractivity contribution in [3.05, 3.63) is 24.2 Å². The molecule has 1 unspecified atom stereocenters. The van der Waals surface area contributed by atoms with Crippen LogP contribution in [0.5, 0.6) is 0 Å². The molecule has 0 bridgehead atoms. The first kappa shape index (κ1) is 13.3.